The van der Waals surface area contributed by atoms with Gasteiger partial charge in [0.15, 0.2) is 5.82 Å². The number of hydrogen-bond donors (Lipinski definition) is 0. The van der Waals surface area contributed by atoms with Gasteiger partial charge in [0.1, 0.15) is 0 Å². The van der Waals surface area contributed by atoms with Crippen molar-refractivity contribution in [2.75, 3.05) is 13.1 Å². The summed E-state index contributed by atoms with van der Waals surface area (Å²) in [5, 5.41) is 3.76. The van der Waals surface area contributed by atoms with Crippen LogP contribution in [0.25, 0.3) is 0 Å². The zero-order chi connectivity index (χ0) is 12.6. The van der Waals surface area contributed by atoms with Gasteiger partial charge in [-0.3, -0.25) is 4.90 Å². The Hall–Kier alpha value is -1.11. The van der Waals surface area contributed by atoms with Crippen molar-refractivity contribution in [2.24, 2.45) is 5.92 Å². The van der Waals surface area contributed by atoms with Crippen molar-refractivity contribution in [2.45, 2.75) is 32.5 Å². The second kappa shape index (κ2) is 4.29. The summed E-state index contributed by atoms with van der Waals surface area (Å²) in [6, 6.07) is 0. The molecular weight excluding hydrogens is 235 g/mol. The molecule has 1 aromatic heterocycles. The van der Waals surface area contributed by atoms with Crippen LogP contribution < -0.4 is 0 Å². The molecule has 17 heavy (non-hydrogen) atoms. The number of hydrogen-bond acceptors (Lipinski definition) is 4. The van der Waals surface area contributed by atoms with Crippen LogP contribution in [-0.2, 0) is 6.54 Å². The van der Waals surface area contributed by atoms with Crippen molar-refractivity contribution >= 4 is 0 Å². The molecule has 0 spiro atoms. The van der Waals surface area contributed by atoms with Gasteiger partial charge in [-0.25, -0.2) is 0 Å². The number of likely N-dealkylation sites (tertiary alicyclic amines) is 1. The van der Waals surface area contributed by atoms with Gasteiger partial charge in [0, 0.05) is 19.0 Å². The van der Waals surface area contributed by atoms with E-state index in [0.29, 0.717) is 18.3 Å². The molecule has 7 heteroatoms. The summed E-state index contributed by atoms with van der Waals surface area (Å²) in [4.78, 5) is 5.77. The van der Waals surface area contributed by atoms with E-state index < -0.39 is 12.1 Å². The van der Waals surface area contributed by atoms with Crippen LogP contribution in [-0.4, -0.2) is 34.3 Å². The topological polar surface area (TPSA) is 42.2 Å². The Morgan fingerprint density at radius 1 is 1.41 bits per heavy atom. The summed E-state index contributed by atoms with van der Waals surface area (Å²) in [6.07, 6.45) is -4.09. The minimum absolute atomic E-state index is 0.0168. The molecule has 1 aliphatic heterocycles. The van der Waals surface area contributed by atoms with E-state index in [2.05, 4.69) is 10.1 Å². The molecule has 0 N–H and O–H groups in total. The number of nitrogens with zero attached hydrogens (tertiary/aromatic N) is 3. The van der Waals surface area contributed by atoms with E-state index in [9.17, 15) is 13.2 Å². The molecule has 96 valence electrons. The summed E-state index contributed by atoms with van der Waals surface area (Å²) in [5.41, 5.74) is 0. The first-order valence-electron chi connectivity index (χ1n) is 5.48. The maximum Gasteiger partial charge on any atom is 0.394 e. The van der Waals surface area contributed by atoms with E-state index >= 15 is 0 Å². The Kier molecular flexibility index (Phi) is 3.11. The van der Waals surface area contributed by atoms with E-state index in [-0.39, 0.29) is 19.0 Å². The van der Waals surface area contributed by atoms with Gasteiger partial charge in [-0.2, -0.15) is 18.2 Å². The first-order valence-corrected chi connectivity index (χ1v) is 5.48. The number of rotatable bonds is 3. The van der Waals surface area contributed by atoms with Crippen LogP contribution in [0.4, 0.5) is 13.2 Å². The normalized spacial score (nSPS) is 18.7. The summed E-state index contributed by atoms with van der Waals surface area (Å²) in [7, 11) is 0. The smallest absolute Gasteiger partial charge is 0.338 e. The average Bonchev–Trinajstić information content (AvgIpc) is 2.56. The number of aromatic nitrogens is 2. The molecule has 0 bridgehead atoms. The van der Waals surface area contributed by atoms with Gasteiger partial charge in [-0.15, -0.1) is 0 Å². The van der Waals surface area contributed by atoms with E-state index in [1.807, 2.05) is 13.8 Å². The maximum atomic E-state index is 12.2. The highest BCUT2D eigenvalue weighted by Gasteiger charge is 2.47. The average molecular weight is 249 g/mol. The molecule has 1 saturated heterocycles. The van der Waals surface area contributed by atoms with Gasteiger partial charge in [-0.05, 0) is 0 Å². The van der Waals surface area contributed by atoms with Gasteiger partial charge < -0.3 is 4.52 Å². The largest absolute Gasteiger partial charge is 0.394 e. The van der Waals surface area contributed by atoms with Gasteiger partial charge in [0.05, 0.1) is 12.5 Å². The fourth-order valence-corrected chi connectivity index (χ4v) is 1.66. The summed E-state index contributed by atoms with van der Waals surface area (Å²) in [5.74, 6) is -0.0796. The van der Waals surface area contributed by atoms with Gasteiger partial charge in [0.2, 0.25) is 5.89 Å². The molecule has 0 saturated carbocycles. The second-order valence-corrected chi connectivity index (χ2v) is 4.63. The van der Waals surface area contributed by atoms with Crippen molar-refractivity contribution in [1.82, 2.24) is 15.0 Å². The Morgan fingerprint density at radius 3 is 2.53 bits per heavy atom. The highest BCUT2D eigenvalue weighted by Crippen LogP contribution is 2.33. The summed E-state index contributed by atoms with van der Waals surface area (Å²) in [6.45, 7) is 4.19. The highest BCUT2D eigenvalue weighted by atomic mass is 19.4. The zero-order valence-electron chi connectivity index (χ0n) is 9.66. The molecule has 4 nitrogen and oxygen atoms in total. The third kappa shape index (κ3) is 2.77. The molecule has 0 radical (unpaired) electrons. The molecule has 0 aliphatic carbocycles. The summed E-state index contributed by atoms with van der Waals surface area (Å²) < 4.78 is 41.7. The number of alkyl halides is 3. The Balaban J connectivity index is 1.84. The molecule has 0 amide bonds. The summed E-state index contributed by atoms with van der Waals surface area (Å²) >= 11 is 0. The second-order valence-electron chi connectivity index (χ2n) is 4.63. The monoisotopic (exact) mass is 249 g/mol. The van der Waals surface area contributed by atoms with Crippen molar-refractivity contribution in [3.63, 3.8) is 0 Å². The predicted molar refractivity (Wildman–Crippen MR) is 53.2 cm³/mol. The maximum absolute atomic E-state index is 12.2. The van der Waals surface area contributed by atoms with Crippen molar-refractivity contribution in [3.05, 3.63) is 11.7 Å². The van der Waals surface area contributed by atoms with Crippen molar-refractivity contribution < 1.29 is 17.7 Å². The minimum Gasteiger partial charge on any atom is -0.338 e. The fourth-order valence-electron chi connectivity index (χ4n) is 1.66. The molecule has 1 aliphatic rings. The SMILES string of the molecule is CC(C)c1noc(CN2CC(C(F)(F)F)C2)n1. The molecule has 0 atom stereocenters. The first-order chi connectivity index (χ1) is 7.86. The van der Waals surface area contributed by atoms with E-state index in [4.69, 9.17) is 4.52 Å². The van der Waals surface area contributed by atoms with Crippen LogP contribution in [0.1, 0.15) is 31.5 Å². The van der Waals surface area contributed by atoms with Gasteiger partial charge in [0.25, 0.3) is 0 Å². The zero-order valence-corrected chi connectivity index (χ0v) is 9.66. The Labute approximate surface area is 96.8 Å². The Morgan fingerprint density at radius 2 is 2.06 bits per heavy atom. The van der Waals surface area contributed by atoms with E-state index in [1.54, 1.807) is 4.90 Å². The molecule has 1 aromatic rings. The van der Waals surface area contributed by atoms with Crippen molar-refractivity contribution in [3.8, 4) is 0 Å². The molecule has 2 heterocycles. The fraction of sp³-hybridized carbons (Fsp3) is 0.800. The Bertz CT molecular complexity index is 382. The predicted octanol–water partition coefficient (Wildman–Crippen LogP) is 2.19. The lowest BCUT2D eigenvalue weighted by Crippen LogP contribution is -2.52. The van der Waals surface area contributed by atoms with Crippen LogP contribution in [0.5, 0.6) is 0 Å². The van der Waals surface area contributed by atoms with Gasteiger partial charge in [-0.1, -0.05) is 19.0 Å². The van der Waals surface area contributed by atoms with Gasteiger partial charge >= 0.3 is 6.18 Å². The van der Waals surface area contributed by atoms with E-state index in [0.717, 1.165) is 0 Å². The highest BCUT2D eigenvalue weighted by molar-refractivity contribution is 4.94. The standard InChI is InChI=1S/C10H14F3N3O/c1-6(2)9-14-8(17-15-9)5-16-3-7(4-16)10(11,12)13/h6-7H,3-5H2,1-2H3. The number of halogens is 3. The molecule has 2 rings (SSSR count). The lowest BCUT2D eigenvalue weighted by Gasteiger charge is -2.39. The van der Waals surface area contributed by atoms with Crippen molar-refractivity contribution in [1.29, 1.82) is 0 Å². The first kappa shape index (κ1) is 12.3. The quantitative estimate of drug-likeness (QED) is 0.823. The van der Waals surface area contributed by atoms with Crippen LogP contribution in [0, 0.1) is 5.92 Å². The third-order valence-electron chi connectivity index (χ3n) is 2.78. The van der Waals surface area contributed by atoms with Crippen LogP contribution in [0.3, 0.4) is 0 Å². The molecular formula is C10H14F3N3O. The molecule has 0 unspecified atom stereocenters. The molecule has 1 fully saturated rings. The lowest BCUT2D eigenvalue weighted by atomic mass is 10.00. The lowest BCUT2D eigenvalue weighted by molar-refractivity contribution is -0.210. The van der Waals surface area contributed by atoms with Crippen LogP contribution in [0.2, 0.25) is 0 Å². The van der Waals surface area contributed by atoms with E-state index in [1.165, 1.54) is 0 Å². The third-order valence-corrected chi connectivity index (χ3v) is 2.78. The molecule has 0 aromatic carbocycles. The van der Waals surface area contributed by atoms with Crippen LogP contribution >= 0.6 is 0 Å². The van der Waals surface area contributed by atoms with Crippen LogP contribution in [0.15, 0.2) is 4.52 Å². The minimum atomic E-state index is -4.09.